The zero-order valence-electron chi connectivity index (χ0n) is 8.53. The normalized spacial score (nSPS) is 11.6. The van der Waals surface area contributed by atoms with Gasteiger partial charge in [-0.1, -0.05) is 0 Å². The van der Waals surface area contributed by atoms with Crippen LogP contribution in [0.5, 0.6) is 0 Å². The monoisotopic (exact) mass is 251 g/mol. The molecule has 0 heterocycles. The third-order valence-electron chi connectivity index (χ3n) is 1.66. The Morgan fingerprint density at radius 1 is 1.38 bits per heavy atom. The first-order valence-electron chi connectivity index (χ1n) is 4.58. The molecule has 0 saturated heterocycles. The number of halogens is 1. The first kappa shape index (κ1) is 14.5. The topological polar surface area (TPSA) is 122 Å². The van der Waals surface area contributed by atoms with Crippen LogP contribution in [0.1, 0.15) is 12.8 Å². The Balaban J connectivity index is 4.07. The van der Waals surface area contributed by atoms with E-state index in [0.29, 0.717) is 0 Å². The largest absolute Gasteiger partial charge is 0.480 e. The molecule has 0 aliphatic carbocycles. The summed E-state index contributed by atoms with van der Waals surface area (Å²) in [6, 6.07) is -1.78. The first-order valence-corrected chi connectivity index (χ1v) is 5.12. The molecule has 0 aliphatic heterocycles. The van der Waals surface area contributed by atoms with Gasteiger partial charge < -0.3 is 21.5 Å². The number of carboxylic acids is 1. The number of hydrogen-bond donors (Lipinski definition) is 4. The molecule has 0 saturated carbocycles. The number of primary amides is 1. The van der Waals surface area contributed by atoms with E-state index < -0.39 is 23.9 Å². The summed E-state index contributed by atoms with van der Waals surface area (Å²) in [7, 11) is 0. The van der Waals surface area contributed by atoms with Gasteiger partial charge in [-0.2, -0.15) is 0 Å². The Labute approximate surface area is 97.3 Å². The van der Waals surface area contributed by atoms with E-state index in [4.69, 9.17) is 22.4 Å². The van der Waals surface area contributed by atoms with Crippen molar-refractivity contribution in [2.45, 2.75) is 18.9 Å². The molecular weight excluding hydrogens is 238 g/mol. The molecular formula is C8H14ClN3O4. The van der Waals surface area contributed by atoms with Crippen molar-refractivity contribution in [3.8, 4) is 0 Å². The number of amides is 3. The van der Waals surface area contributed by atoms with E-state index in [2.05, 4.69) is 10.6 Å². The van der Waals surface area contributed by atoms with Crippen molar-refractivity contribution in [2.75, 3.05) is 12.4 Å². The number of hydrogen-bond acceptors (Lipinski definition) is 3. The number of urea groups is 1. The van der Waals surface area contributed by atoms with Gasteiger partial charge in [-0.25, -0.2) is 9.59 Å². The van der Waals surface area contributed by atoms with Crippen molar-refractivity contribution in [2.24, 2.45) is 5.73 Å². The van der Waals surface area contributed by atoms with Gasteiger partial charge in [0, 0.05) is 18.8 Å². The van der Waals surface area contributed by atoms with E-state index in [1.54, 1.807) is 0 Å². The smallest absolute Gasteiger partial charge is 0.326 e. The summed E-state index contributed by atoms with van der Waals surface area (Å²) >= 11 is 5.33. The number of carbonyl (C=O) groups excluding carboxylic acids is 2. The summed E-state index contributed by atoms with van der Waals surface area (Å²) in [6.45, 7) is 0.232. The average molecular weight is 252 g/mol. The van der Waals surface area contributed by atoms with Gasteiger partial charge in [-0.3, -0.25) is 4.79 Å². The van der Waals surface area contributed by atoms with E-state index in [1.165, 1.54) is 0 Å². The van der Waals surface area contributed by atoms with Crippen LogP contribution in [-0.4, -0.2) is 41.5 Å². The number of alkyl halides is 1. The second kappa shape index (κ2) is 7.75. The second-order valence-corrected chi connectivity index (χ2v) is 3.36. The molecule has 0 radical (unpaired) electrons. The predicted octanol–water partition coefficient (Wildman–Crippen LogP) is -0.757. The van der Waals surface area contributed by atoms with Gasteiger partial charge in [0.2, 0.25) is 5.91 Å². The lowest BCUT2D eigenvalue weighted by atomic mass is 10.1. The lowest BCUT2D eigenvalue weighted by Crippen LogP contribution is -2.46. The summed E-state index contributed by atoms with van der Waals surface area (Å²) in [6.07, 6.45) is -0.147. The Bertz CT molecular complexity index is 272. The van der Waals surface area contributed by atoms with Crippen LogP contribution in [0.2, 0.25) is 0 Å². The molecule has 1 unspecified atom stereocenters. The van der Waals surface area contributed by atoms with Crippen molar-refractivity contribution >= 4 is 29.5 Å². The van der Waals surface area contributed by atoms with Crippen molar-refractivity contribution < 1.29 is 19.5 Å². The van der Waals surface area contributed by atoms with Crippen molar-refractivity contribution in [1.82, 2.24) is 10.6 Å². The highest BCUT2D eigenvalue weighted by Crippen LogP contribution is 1.97. The number of aliphatic carboxylic acids is 1. The van der Waals surface area contributed by atoms with Crippen LogP contribution in [0.3, 0.4) is 0 Å². The van der Waals surface area contributed by atoms with Crippen molar-refractivity contribution in [1.29, 1.82) is 0 Å². The van der Waals surface area contributed by atoms with Gasteiger partial charge >= 0.3 is 12.0 Å². The molecule has 16 heavy (non-hydrogen) atoms. The highest BCUT2D eigenvalue weighted by Gasteiger charge is 2.19. The van der Waals surface area contributed by atoms with Crippen molar-refractivity contribution in [3.05, 3.63) is 0 Å². The van der Waals surface area contributed by atoms with E-state index >= 15 is 0 Å². The second-order valence-electron chi connectivity index (χ2n) is 2.99. The summed E-state index contributed by atoms with van der Waals surface area (Å²) in [5.74, 6) is -1.61. The fourth-order valence-electron chi connectivity index (χ4n) is 0.914. The van der Waals surface area contributed by atoms with E-state index in [-0.39, 0.29) is 25.3 Å². The fraction of sp³-hybridized carbons (Fsp3) is 0.625. The van der Waals surface area contributed by atoms with Crippen molar-refractivity contribution in [3.63, 3.8) is 0 Å². The maximum absolute atomic E-state index is 11.1. The van der Waals surface area contributed by atoms with Crippen LogP contribution < -0.4 is 16.4 Å². The quantitative estimate of drug-likeness (QED) is 0.445. The highest BCUT2D eigenvalue weighted by molar-refractivity contribution is 6.18. The molecule has 0 rings (SSSR count). The molecule has 0 spiro atoms. The molecule has 5 N–H and O–H groups in total. The average Bonchev–Trinajstić information content (AvgIpc) is 2.20. The molecule has 0 bridgehead atoms. The maximum atomic E-state index is 11.1. The number of nitrogens with two attached hydrogens (primary N) is 1. The molecule has 7 nitrogen and oxygen atoms in total. The Morgan fingerprint density at radius 3 is 2.44 bits per heavy atom. The number of nitrogens with one attached hydrogen (secondary N) is 2. The summed E-state index contributed by atoms with van der Waals surface area (Å²) in [5.41, 5.74) is 4.87. The third-order valence-corrected chi connectivity index (χ3v) is 1.85. The molecule has 0 aliphatic rings. The minimum Gasteiger partial charge on any atom is -0.480 e. The van der Waals surface area contributed by atoms with E-state index in [0.717, 1.165) is 0 Å². The van der Waals surface area contributed by atoms with E-state index in [9.17, 15) is 14.4 Å². The molecule has 0 fully saturated rings. The first-order chi connectivity index (χ1) is 7.47. The summed E-state index contributed by atoms with van der Waals surface area (Å²) < 4.78 is 0. The van der Waals surface area contributed by atoms with Crippen LogP contribution in [-0.2, 0) is 9.59 Å². The molecule has 0 aromatic rings. The number of rotatable bonds is 7. The summed E-state index contributed by atoms with van der Waals surface area (Å²) in [5, 5.41) is 13.3. The van der Waals surface area contributed by atoms with Gasteiger partial charge in [0.25, 0.3) is 0 Å². The van der Waals surface area contributed by atoms with Crippen LogP contribution in [0.4, 0.5) is 4.79 Å². The molecule has 0 aromatic heterocycles. The molecule has 3 amide bonds. The minimum absolute atomic E-state index is 0.0427. The molecule has 92 valence electrons. The minimum atomic E-state index is -1.22. The Kier molecular flexibility index (Phi) is 7.02. The lowest BCUT2D eigenvalue weighted by molar-refractivity contribution is -0.139. The van der Waals surface area contributed by atoms with Crippen LogP contribution in [0.25, 0.3) is 0 Å². The zero-order chi connectivity index (χ0) is 12.6. The van der Waals surface area contributed by atoms with Gasteiger partial charge in [-0.05, 0) is 6.42 Å². The number of carbonyl (C=O) groups is 3. The molecule has 1 atom stereocenters. The lowest BCUT2D eigenvalue weighted by Gasteiger charge is -2.13. The van der Waals surface area contributed by atoms with Crippen LogP contribution in [0.15, 0.2) is 0 Å². The van der Waals surface area contributed by atoms with Gasteiger partial charge in [0.05, 0.1) is 0 Å². The van der Waals surface area contributed by atoms with Gasteiger partial charge in [0.15, 0.2) is 0 Å². The number of carboxylic acid groups (broad SMARTS) is 1. The molecule has 0 aromatic carbocycles. The van der Waals surface area contributed by atoms with Gasteiger partial charge in [0.1, 0.15) is 6.04 Å². The maximum Gasteiger partial charge on any atom is 0.326 e. The zero-order valence-corrected chi connectivity index (χ0v) is 9.29. The fourth-order valence-corrected chi connectivity index (χ4v) is 1.01. The van der Waals surface area contributed by atoms with Gasteiger partial charge in [-0.15, -0.1) is 11.6 Å². The third kappa shape index (κ3) is 6.88. The van der Waals surface area contributed by atoms with Crippen LogP contribution >= 0.6 is 11.6 Å². The SMILES string of the molecule is NC(=O)CCC(NC(=O)NCCCl)C(=O)O. The van der Waals surface area contributed by atoms with Crippen LogP contribution in [0, 0.1) is 0 Å². The standard InChI is InChI=1S/C8H14ClN3O4/c9-3-4-11-8(16)12-5(7(14)15)1-2-6(10)13/h5H,1-4H2,(H2,10,13)(H,14,15)(H2,11,12,16). The van der Waals surface area contributed by atoms with E-state index in [1.807, 2.05) is 0 Å². The Morgan fingerprint density at radius 2 is 2.00 bits per heavy atom. The Hall–Kier alpha value is -1.50. The molecule has 8 heteroatoms. The highest BCUT2D eigenvalue weighted by atomic mass is 35.5. The predicted molar refractivity (Wildman–Crippen MR) is 57.1 cm³/mol. The summed E-state index contributed by atoms with van der Waals surface area (Å²) in [4.78, 5) is 32.3.